The lowest BCUT2D eigenvalue weighted by Crippen LogP contribution is -2.30. The molecule has 8 heteroatoms. The number of rotatable bonds is 8. The van der Waals surface area contributed by atoms with Gasteiger partial charge in [0, 0.05) is 18.6 Å². The molecule has 1 N–H and O–H groups in total. The second-order valence-corrected chi connectivity index (χ2v) is 8.12. The minimum absolute atomic E-state index is 0.0304. The van der Waals surface area contributed by atoms with Gasteiger partial charge in [-0.25, -0.2) is 12.7 Å². The highest BCUT2D eigenvalue weighted by molar-refractivity contribution is 7.89. The fourth-order valence-electron chi connectivity index (χ4n) is 2.21. The number of benzene rings is 1. The molecule has 128 valence electrons. The van der Waals surface area contributed by atoms with E-state index in [0.29, 0.717) is 12.5 Å². The molecular formula is C15H20ClNO5S. The number of halogens is 1. The van der Waals surface area contributed by atoms with Crippen molar-refractivity contribution in [2.24, 2.45) is 5.92 Å². The van der Waals surface area contributed by atoms with Crippen molar-refractivity contribution in [3.63, 3.8) is 0 Å². The third kappa shape index (κ3) is 4.59. The molecule has 23 heavy (non-hydrogen) atoms. The molecule has 0 saturated heterocycles. The van der Waals surface area contributed by atoms with Crippen LogP contribution in [0.3, 0.4) is 0 Å². The predicted molar refractivity (Wildman–Crippen MR) is 86.4 cm³/mol. The van der Waals surface area contributed by atoms with E-state index in [1.807, 2.05) is 0 Å². The second kappa shape index (κ2) is 7.51. The van der Waals surface area contributed by atoms with E-state index >= 15 is 0 Å². The van der Waals surface area contributed by atoms with Crippen molar-refractivity contribution in [1.82, 2.24) is 4.31 Å². The predicted octanol–water partition coefficient (Wildman–Crippen LogP) is 2.61. The van der Waals surface area contributed by atoms with Crippen LogP contribution in [0.25, 0.3) is 0 Å². The Morgan fingerprint density at radius 1 is 1.43 bits per heavy atom. The Labute approximate surface area is 141 Å². The molecular weight excluding hydrogens is 342 g/mol. The van der Waals surface area contributed by atoms with Crippen molar-refractivity contribution in [1.29, 1.82) is 0 Å². The van der Waals surface area contributed by atoms with E-state index in [9.17, 15) is 13.2 Å². The molecule has 0 spiro atoms. The first-order chi connectivity index (χ1) is 10.8. The number of sulfonamides is 1. The van der Waals surface area contributed by atoms with Crippen LogP contribution in [0.1, 0.15) is 25.7 Å². The number of hydrogen-bond acceptors (Lipinski definition) is 4. The van der Waals surface area contributed by atoms with E-state index in [-0.39, 0.29) is 28.6 Å². The first kappa shape index (κ1) is 18.0. The van der Waals surface area contributed by atoms with Gasteiger partial charge in [0.15, 0.2) is 0 Å². The maximum atomic E-state index is 12.6. The van der Waals surface area contributed by atoms with Crippen molar-refractivity contribution < 1.29 is 23.1 Å². The minimum atomic E-state index is -3.86. The molecule has 1 fully saturated rings. The summed E-state index contributed by atoms with van der Waals surface area (Å²) in [6.07, 6.45) is 3.09. The average molecular weight is 362 g/mol. The third-order valence-electron chi connectivity index (χ3n) is 3.93. The Morgan fingerprint density at radius 2 is 2.13 bits per heavy atom. The quantitative estimate of drug-likeness (QED) is 0.769. The standard InChI is InChI=1S/C15H20ClNO5S/c1-17(8-7-15(18)19)23(20,21)14-9-12(16)5-6-13(14)22-10-11-3-2-4-11/h5-6,9,11H,2-4,7-8,10H2,1H3,(H,18,19). The maximum Gasteiger partial charge on any atom is 0.304 e. The number of aliphatic carboxylic acids is 1. The molecule has 0 aromatic heterocycles. The topological polar surface area (TPSA) is 83.9 Å². The lowest BCUT2D eigenvalue weighted by molar-refractivity contribution is -0.137. The molecule has 1 saturated carbocycles. The summed E-state index contributed by atoms with van der Waals surface area (Å²) in [6, 6.07) is 4.46. The van der Waals surface area contributed by atoms with E-state index in [2.05, 4.69) is 0 Å². The number of carbonyl (C=O) groups is 1. The van der Waals surface area contributed by atoms with E-state index in [4.69, 9.17) is 21.4 Å². The van der Waals surface area contributed by atoms with Gasteiger partial charge < -0.3 is 9.84 Å². The Balaban J connectivity index is 2.20. The molecule has 1 aliphatic rings. The Morgan fingerprint density at radius 3 is 2.70 bits per heavy atom. The normalized spacial score (nSPS) is 15.4. The fraction of sp³-hybridized carbons (Fsp3) is 0.533. The van der Waals surface area contributed by atoms with Crippen molar-refractivity contribution in [3.05, 3.63) is 23.2 Å². The Bertz CT molecular complexity index is 672. The summed E-state index contributed by atoms with van der Waals surface area (Å²) in [5.74, 6) is -0.339. The molecule has 1 aromatic carbocycles. The zero-order valence-corrected chi connectivity index (χ0v) is 14.4. The van der Waals surface area contributed by atoms with Gasteiger partial charge in [-0.05, 0) is 37.0 Å². The van der Waals surface area contributed by atoms with Crippen LogP contribution in [0.2, 0.25) is 5.02 Å². The molecule has 0 atom stereocenters. The third-order valence-corrected chi connectivity index (χ3v) is 6.05. The van der Waals surface area contributed by atoms with Crippen molar-refractivity contribution >= 4 is 27.6 Å². The molecule has 0 radical (unpaired) electrons. The first-order valence-electron chi connectivity index (χ1n) is 7.41. The van der Waals surface area contributed by atoms with Gasteiger partial charge in [-0.15, -0.1) is 0 Å². The summed E-state index contributed by atoms with van der Waals surface area (Å²) >= 11 is 5.92. The average Bonchev–Trinajstić information content (AvgIpc) is 2.44. The molecule has 1 aromatic rings. The van der Waals surface area contributed by atoms with Gasteiger partial charge in [0.25, 0.3) is 0 Å². The summed E-state index contributed by atoms with van der Waals surface area (Å²) in [5, 5.41) is 8.99. The molecule has 0 unspecified atom stereocenters. The van der Waals surface area contributed by atoms with Gasteiger partial charge in [0.1, 0.15) is 10.6 Å². The SMILES string of the molecule is CN(CCC(=O)O)S(=O)(=O)c1cc(Cl)ccc1OCC1CCC1. The highest BCUT2D eigenvalue weighted by atomic mass is 35.5. The Kier molecular flexibility index (Phi) is 5.89. The smallest absolute Gasteiger partial charge is 0.304 e. The molecule has 0 amide bonds. The molecule has 0 bridgehead atoms. The number of nitrogens with zero attached hydrogens (tertiary/aromatic N) is 1. The first-order valence-corrected chi connectivity index (χ1v) is 9.23. The summed E-state index contributed by atoms with van der Waals surface area (Å²) in [7, 11) is -2.52. The number of ether oxygens (including phenoxy) is 1. The van der Waals surface area contributed by atoms with E-state index < -0.39 is 16.0 Å². The van der Waals surface area contributed by atoms with Gasteiger partial charge in [-0.3, -0.25) is 4.79 Å². The van der Waals surface area contributed by atoms with Gasteiger partial charge in [0.05, 0.1) is 13.0 Å². The lowest BCUT2D eigenvalue weighted by atomic mass is 9.86. The fourth-order valence-corrected chi connectivity index (χ4v) is 3.77. The van der Waals surface area contributed by atoms with Gasteiger partial charge in [0.2, 0.25) is 10.0 Å². The second-order valence-electron chi connectivity index (χ2n) is 5.67. The van der Waals surface area contributed by atoms with Crippen LogP contribution < -0.4 is 4.74 Å². The van der Waals surface area contributed by atoms with Crippen LogP contribution in [0.4, 0.5) is 0 Å². The molecule has 0 heterocycles. The highest BCUT2D eigenvalue weighted by Gasteiger charge is 2.27. The van der Waals surface area contributed by atoms with Crippen LogP contribution in [-0.2, 0) is 14.8 Å². The number of carboxylic acid groups (broad SMARTS) is 1. The summed E-state index contributed by atoms with van der Waals surface area (Å²) in [6.45, 7) is 0.356. The van der Waals surface area contributed by atoms with Crippen LogP contribution in [-0.4, -0.2) is 44.0 Å². The molecule has 1 aliphatic carbocycles. The van der Waals surface area contributed by atoms with Gasteiger partial charge in [-0.1, -0.05) is 18.0 Å². The van der Waals surface area contributed by atoms with Crippen LogP contribution >= 0.6 is 11.6 Å². The van der Waals surface area contributed by atoms with Crippen molar-refractivity contribution in [2.45, 2.75) is 30.6 Å². The molecule has 2 rings (SSSR count). The van der Waals surface area contributed by atoms with E-state index in [1.54, 1.807) is 12.1 Å². The zero-order chi connectivity index (χ0) is 17.0. The van der Waals surface area contributed by atoms with Crippen LogP contribution in [0, 0.1) is 5.92 Å². The Hall–Kier alpha value is -1.31. The van der Waals surface area contributed by atoms with Crippen LogP contribution in [0.15, 0.2) is 23.1 Å². The largest absolute Gasteiger partial charge is 0.492 e. The van der Waals surface area contributed by atoms with E-state index in [1.165, 1.54) is 19.5 Å². The number of carboxylic acids is 1. The monoisotopic (exact) mass is 361 g/mol. The molecule has 6 nitrogen and oxygen atoms in total. The minimum Gasteiger partial charge on any atom is -0.492 e. The lowest BCUT2D eigenvalue weighted by Gasteiger charge is -2.26. The van der Waals surface area contributed by atoms with Crippen molar-refractivity contribution in [3.8, 4) is 5.75 Å². The summed E-state index contributed by atoms with van der Waals surface area (Å²) in [5.41, 5.74) is 0. The van der Waals surface area contributed by atoms with Crippen LogP contribution in [0.5, 0.6) is 5.75 Å². The summed E-state index contributed by atoms with van der Waals surface area (Å²) in [4.78, 5) is 10.6. The maximum absolute atomic E-state index is 12.6. The van der Waals surface area contributed by atoms with Gasteiger partial charge in [-0.2, -0.15) is 0 Å². The van der Waals surface area contributed by atoms with E-state index in [0.717, 1.165) is 17.1 Å². The van der Waals surface area contributed by atoms with Gasteiger partial charge >= 0.3 is 5.97 Å². The zero-order valence-electron chi connectivity index (χ0n) is 12.9. The van der Waals surface area contributed by atoms with Crippen molar-refractivity contribution in [2.75, 3.05) is 20.2 Å². The molecule has 0 aliphatic heterocycles. The highest BCUT2D eigenvalue weighted by Crippen LogP contribution is 2.32. The summed E-state index contributed by atoms with van der Waals surface area (Å²) < 4.78 is 32.0. The number of hydrogen-bond donors (Lipinski definition) is 1.